The average Bonchev–Trinajstić information content (AvgIpc) is 3.20. The first-order valence-corrected chi connectivity index (χ1v) is 18.8. The molecule has 55 heavy (non-hydrogen) atoms. The van der Waals surface area contributed by atoms with E-state index in [4.69, 9.17) is 4.74 Å². The number of carbonyl (C=O) groups is 4. The molecule has 0 saturated carbocycles. The number of ether oxygens (including phenoxy) is 1. The predicted molar refractivity (Wildman–Crippen MR) is 206 cm³/mol. The van der Waals surface area contributed by atoms with Crippen molar-refractivity contribution in [1.29, 1.82) is 0 Å². The van der Waals surface area contributed by atoms with Crippen LogP contribution in [0.25, 0.3) is 0 Å². The van der Waals surface area contributed by atoms with Gasteiger partial charge in [0.15, 0.2) is 5.76 Å². The topological polar surface area (TPSA) is 258 Å². The van der Waals surface area contributed by atoms with E-state index in [0.29, 0.717) is 57.7 Å². The molecule has 314 valence electrons. The molecule has 1 aliphatic rings. The normalized spacial score (nSPS) is 14.1. The zero-order valence-electron chi connectivity index (χ0n) is 33.1. The molecule has 1 aliphatic heterocycles. The first kappa shape index (κ1) is 49.3. The minimum absolute atomic E-state index is 0.0295. The van der Waals surface area contributed by atoms with E-state index in [1.165, 1.54) is 0 Å². The minimum Gasteiger partial charge on any atom is -0.488 e. The highest BCUT2D eigenvalue weighted by Crippen LogP contribution is 2.25. The van der Waals surface area contributed by atoms with Crippen LogP contribution in [0.5, 0.6) is 0 Å². The van der Waals surface area contributed by atoms with Crippen LogP contribution in [-0.2, 0) is 23.9 Å². The van der Waals surface area contributed by atoms with Crippen molar-refractivity contribution in [2.45, 2.75) is 76.9 Å². The standard InChI is InChI=1S/C34H56N6O11.C3H9N/c1-4-27(51-5-2)32(50)40(28-10-9-25(3)16-35-28)26-11-14-38(15-12-26)13-7-6-8-31(49)39(17-29(47)36-33(19-41,20-42)21-43)18-30(48)37-34(22-44,23-45)24-46;1-3-4-2/h4,9-10,16,26,41-46H,5-8,11-15,17-24H2,1-3H3,(H,36,47)(H,37,48);4H,3H2,1-2H3/b27-4-;. The third kappa shape index (κ3) is 16.1. The molecule has 2 heterocycles. The summed E-state index contributed by atoms with van der Waals surface area (Å²) < 4.78 is 5.60. The van der Waals surface area contributed by atoms with Crippen LogP contribution in [0.4, 0.5) is 5.82 Å². The average molecular weight is 784 g/mol. The Morgan fingerprint density at radius 1 is 0.891 bits per heavy atom. The van der Waals surface area contributed by atoms with Crippen molar-refractivity contribution in [2.75, 3.05) is 97.5 Å². The number of unbranched alkanes of at least 4 members (excludes halogenated alkanes) is 1. The summed E-state index contributed by atoms with van der Waals surface area (Å²) in [5.74, 6) is -1.70. The van der Waals surface area contributed by atoms with Gasteiger partial charge in [0.05, 0.1) is 46.2 Å². The third-order valence-electron chi connectivity index (χ3n) is 9.17. The number of likely N-dealkylation sites (tertiary alicyclic amines) is 1. The molecule has 0 spiro atoms. The lowest BCUT2D eigenvalue weighted by atomic mass is 10.0. The first-order valence-electron chi connectivity index (χ1n) is 18.8. The molecule has 4 amide bonds. The van der Waals surface area contributed by atoms with Gasteiger partial charge >= 0.3 is 0 Å². The van der Waals surface area contributed by atoms with Gasteiger partial charge in [0.1, 0.15) is 30.0 Å². The van der Waals surface area contributed by atoms with Crippen LogP contribution in [0, 0.1) is 6.92 Å². The van der Waals surface area contributed by atoms with Gasteiger partial charge in [0.2, 0.25) is 17.7 Å². The number of anilines is 1. The Morgan fingerprint density at radius 2 is 1.40 bits per heavy atom. The summed E-state index contributed by atoms with van der Waals surface area (Å²) in [5.41, 5.74) is -2.52. The van der Waals surface area contributed by atoms with E-state index in [9.17, 15) is 49.8 Å². The van der Waals surface area contributed by atoms with E-state index in [1.807, 2.05) is 33.0 Å². The fraction of sp³-hybridized carbons (Fsp3) is 0.703. The smallest absolute Gasteiger partial charge is 0.294 e. The Morgan fingerprint density at radius 3 is 1.80 bits per heavy atom. The van der Waals surface area contributed by atoms with Crippen LogP contribution in [0.2, 0.25) is 0 Å². The number of aliphatic hydroxyl groups is 6. The summed E-state index contributed by atoms with van der Waals surface area (Å²) in [6.07, 6.45) is 5.76. The number of piperidine rings is 1. The monoisotopic (exact) mass is 783 g/mol. The predicted octanol–water partition coefficient (Wildman–Crippen LogP) is -1.98. The van der Waals surface area contributed by atoms with Crippen molar-refractivity contribution in [1.82, 2.24) is 30.7 Å². The van der Waals surface area contributed by atoms with E-state index in [1.54, 1.807) is 24.1 Å². The van der Waals surface area contributed by atoms with Crippen molar-refractivity contribution in [3.8, 4) is 0 Å². The maximum Gasteiger partial charge on any atom is 0.294 e. The van der Waals surface area contributed by atoms with E-state index >= 15 is 0 Å². The molecule has 0 unspecified atom stereocenters. The molecule has 9 N–H and O–H groups in total. The second-order valence-corrected chi connectivity index (χ2v) is 13.5. The molecule has 18 nitrogen and oxygen atoms in total. The van der Waals surface area contributed by atoms with Gasteiger partial charge in [-0.15, -0.1) is 0 Å². The summed E-state index contributed by atoms with van der Waals surface area (Å²) in [6, 6.07) is 3.64. The van der Waals surface area contributed by atoms with Gasteiger partial charge < -0.3 is 61.1 Å². The van der Waals surface area contributed by atoms with Crippen molar-refractivity contribution in [2.24, 2.45) is 0 Å². The molecular weight excluding hydrogens is 718 g/mol. The molecule has 18 heteroatoms. The molecule has 0 aliphatic carbocycles. The Balaban J connectivity index is 0.00000359. The van der Waals surface area contributed by atoms with Crippen molar-refractivity contribution >= 4 is 29.4 Å². The molecular formula is C37H65N7O11. The fourth-order valence-electron chi connectivity index (χ4n) is 5.56. The second-order valence-electron chi connectivity index (χ2n) is 13.5. The Bertz CT molecular complexity index is 1260. The van der Waals surface area contributed by atoms with Crippen LogP contribution in [0.1, 0.15) is 58.4 Å². The number of carbonyl (C=O) groups excluding carboxylic acids is 4. The molecule has 1 aromatic rings. The number of nitrogens with zero attached hydrogens (tertiary/aromatic N) is 4. The minimum atomic E-state index is -1.75. The van der Waals surface area contributed by atoms with E-state index in [-0.39, 0.29) is 24.1 Å². The number of hydrogen-bond donors (Lipinski definition) is 9. The van der Waals surface area contributed by atoms with Gasteiger partial charge in [0, 0.05) is 31.7 Å². The van der Waals surface area contributed by atoms with Gasteiger partial charge in [-0.05, 0) is 84.3 Å². The number of allylic oxidation sites excluding steroid dienone is 1. The zero-order chi connectivity index (χ0) is 41.4. The molecule has 1 aromatic heterocycles. The fourth-order valence-corrected chi connectivity index (χ4v) is 5.56. The van der Waals surface area contributed by atoms with Crippen LogP contribution in [0.3, 0.4) is 0 Å². The van der Waals surface area contributed by atoms with Crippen molar-refractivity contribution < 1.29 is 54.6 Å². The molecule has 1 saturated heterocycles. The number of aromatic nitrogens is 1. The largest absolute Gasteiger partial charge is 0.488 e. The number of aryl methyl sites for hydroxylation is 1. The SMILES string of the molecule is C/C=C(\OCC)C(=O)N(c1ccc(C)cn1)C1CCN(CCCCC(=O)N(CC(=O)NC(CO)(CO)CO)CC(=O)NC(CO)(CO)CO)CC1.CCNC. The molecule has 0 atom stereocenters. The summed E-state index contributed by atoms with van der Waals surface area (Å²) in [4.78, 5) is 61.8. The highest BCUT2D eigenvalue weighted by atomic mass is 16.5. The maximum absolute atomic E-state index is 13.5. The number of amides is 4. The third-order valence-corrected chi connectivity index (χ3v) is 9.17. The molecule has 1 fully saturated rings. The number of rotatable bonds is 23. The van der Waals surface area contributed by atoms with Crippen molar-refractivity contribution in [3.63, 3.8) is 0 Å². The molecule has 2 rings (SSSR count). The van der Waals surface area contributed by atoms with Gasteiger partial charge in [0.25, 0.3) is 5.91 Å². The lowest BCUT2D eigenvalue weighted by Crippen LogP contribution is -2.61. The molecule has 0 bridgehead atoms. The number of pyridine rings is 1. The lowest BCUT2D eigenvalue weighted by molar-refractivity contribution is -0.141. The van der Waals surface area contributed by atoms with E-state index in [0.717, 1.165) is 17.0 Å². The highest BCUT2D eigenvalue weighted by Gasteiger charge is 2.35. The zero-order valence-corrected chi connectivity index (χ0v) is 33.1. The number of hydrogen-bond acceptors (Lipinski definition) is 14. The van der Waals surface area contributed by atoms with Crippen LogP contribution in [-0.4, -0.2) is 179 Å². The number of aliphatic hydroxyl groups excluding tert-OH is 6. The van der Waals surface area contributed by atoms with E-state index < -0.39 is 81.5 Å². The summed E-state index contributed by atoms with van der Waals surface area (Å²) in [5, 5.41) is 65.0. The summed E-state index contributed by atoms with van der Waals surface area (Å²) in [6.45, 7) is 5.02. The quantitative estimate of drug-likeness (QED) is 0.0331. The molecule has 0 radical (unpaired) electrons. The number of nitrogens with one attached hydrogen (secondary N) is 3. The highest BCUT2D eigenvalue weighted by molar-refractivity contribution is 6.04. The van der Waals surface area contributed by atoms with E-state index in [2.05, 4.69) is 32.8 Å². The summed E-state index contributed by atoms with van der Waals surface area (Å²) >= 11 is 0. The van der Waals surface area contributed by atoms with Crippen LogP contribution < -0.4 is 20.9 Å². The van der Waals surface area contributed by atoms with Gasteiger partial charge in [-0.25, -0.2) is 4.98 Å². The Labute approximate surface area is 324 Å². The maximum atomic E-state index is 13.5. The van der Waals surface area contributed by atoms with Crippen LogP contribution >= 0.6 is 0 Å². The van der Waals surface area contributed by atoms with Gasteiger partial charge in [-0.2, -0.15) is 0 Å². The first-order chi connectivity index (χ1) is 26.3. The van der Waals surface area contributed by atoms with Crippen molar-refractivity contribution in [3.05, 3.63) is 35.7 Å². The molecule has 0 aromatic carbocycles. The lowest BCUT2D eigenvalue weighted by Gasteiger charge is -2.38. The van der Waals surface area contributed by atoms with Gasteiger partial charge in [-0.3, -0.25) is 24.1 Å². The Hall–Kier alpha value is -3.75. The van der Waals surface area contributed by atoms with Crippen LogP contribution in [0.15, 0.2) is 30.2 Å². The van der Waals surface area contributed by atoms with Gasteiger partial charge in [-0.1, -0.05) is 13.0 Å². The Kier molecular flexibility index (Phi) is 23.4. The summed E-state index contributed by atoms with van der Waals surface area (Å²) in [7, 11) is 1.93. The second kappa shape index (κ2) is 26.2.